The number of ether oxygens (including phenoxy) is 4. The number of benzene rings is 2. The molecule has 7 heteroatoms. The topological polar surface area (TPSA) is 78.7 Å². The molecule has 7 nitrogen and oxygen atoms in total. The van der Waals surface area contributed by atoms with Gasteiger partial charge in [0.2, 0.25) is 0 Å². The van der Waals surface area contributed by atoms with Gasteiger partial charge in [-0.2, -0.15) is 0 Å². The van der Waals surface area contributed by atoms with Crippen molar-refractivity contribution >= 4 is 5.71 Å². The molecule has 0 aromatic heterocycles. The molecule has 2 aromatic carbocycles. The van der Waals surface area contributed by atoms with Crippen LogP contribution in [-0.4, -0.2) is 43.9 Å². The molecule has 0 spiro atoms. The Morgan fingerprint density at radius 2 is 1.90 bits per heavy atom. The molecule has 1 unspecified atom stereocenters. The Labute approximate surface area is 181 Å². The SMILES string of the molecule is C=C(C)[C@H]1Cc2c(ccc(C3=NOC(COc4cc(OC)c(OC)cc4C)C3)c2O)O1. The number of oxime groups is 1. The number of hydrogen-bond acceptors (Lipinski definition) is 7. The van der Waals surface area contributed by atoms with Gasteiger partial charge in [0.05, 0.1) is 19.9 Å². The van der Waals surface area contributed by atoms with Crippen LogP contribution in [0.15, 0.2) is 41.6 Å². The monoisotopic (exact) mass is 425 g/mol. The molecule has 0 saturated heterocycles. The van der Waals surface area contributed by atoms with Gasteiger partial charge < -0.3 is 28.9 Å². The predicted molar refractivity (Wildman–Crippen MR) is 117 cm³/mol. The zero-order valence-electron chi connectivity index (χ0n) is 18.2. The van der Waals surface area contributed by atoms with E-state index in [1.807, 2.05) is 32.0 Å². The lowest BCUT2D eigenvalue weighted by atomic mass is 9.98. The molecule has 0 saturated carbocycles. The summed E-state index contributed by atoms with van der Waals surface area (Å²) in [5.74, 6) is 2.84. The second-order valence-corrected chi connectivity index (χ2v) is 7.85. The molecule has 31 heavy (non-hydrogen) atoms. The Hall–Kier alpha value is -3.35. The highest BCUT2D eigenvalue weighted by Gasteiger charge is 2.31. The van der Waals surface area contributed by atoms with E-state index in [0.717, 1.165) is 16.7 Å². The second kappa shape index (κ2) is 8.41. The first-order valence-electron chi connectivity index (χ1n) is 10.2. The summed E-state index contributed by atoms with van der Waals surface area (Å²) in [4.78, 5) is 5.57. The molecule has 0 amide bonds. The van der Waals surface area contributed by atoms with Gasteiger partial charge >= 0.3 is 0 Å². The minimum Gasteiger partial charge on any atom is -0.507 e. The predicted octanol–water partition coefficient (Wildman–Crippen LogP) is 4.17. The van der Waals surface area contributed by atoms with E-state index < -0.39 is 0 Å². The van der Waals surface area contributed by atoms with Gasteiger partial charge in [-0.25, -0.2) is 0 Å². The molecule has 164 valence electrons. The average molecular weight is 425 g/mol. The van der Waals surface area contributed by atoms with Crippen LogP contribution in [0.5, 0.6) is 28.7 Å². The van der Waals surface area contributed by atoms with Crippen molar-refractivity contribution in [1.29, 1.82) is 0 Å². The zero-order valence-corrected chi connectivity index (χ0v) is 18.2. The standard InChI is InChI=1S/C24H27NO6/c1-13(2)20-10-17-19(30-20)7-6-16(24(17)26)18-9-15(31-25-18)12-29-21-11-23(28-5)22(27-4)8-14(21)3/h6-8,11,15,20,26H,1,9-10,12H2,2-5H3/t15?,20-/m1/s1. The molecule has 2 atom stereocenters. The van der Waals surface area contributed by atoms with Crippen LogP contribution in [-0.2, 0) is 11.3 Å². The summed E-state index contributed by atoms with van der Waals surface area (Å²) in [6.45, 7) is 8.13. The molecular formula is C24H27NO6. The molecule has 4 rings (SSSR count). The third-order valence-electron chi connectivity index (χ3n) is 5.60. The highest BCUT2D eigenvalue weighted by molar-refractivity contribution is 6.04. The van der Waals surface area contributed by atoms with E-state index in [-0.39, 0.29) is 18.0 Å². The third kappa shape index (κ3) is 4.00. The molecule has 2 aromatic rings. The van der Waals surface area contributed by atoms with Gasteiger partial charge in [-0.3, -0.25) is 0 Å². The average Bonchev–Trinajstić information content (AvgIpc) is 3.40. The fourth-order valence-electron chi connectivity index (χ4n) is 3.79. The molecule has 0 radical (unpaired) electrons. The van der Waals surface area contributed by atoms with Crippen molar-refractivity contribution in [2.24, 2.45) is 5.16 Å². The maximum Gasteiger partial charge on any atom is 0.167 e. The summed E-state index contributed by atoms with van der Waals surface area (Å²) < 4.78 is 22.5. The van der Waals surface area contributed by atoms with E-state index in [0.29, 0.717) is 53.7 Å². The maximum absolute atomic E-state index is 10.8. The number of hydrogen-bond donors (Lipinski definition) is 1. The molecule has 1 N–H and O–H groups in total. The summed E-state index contributed by atoms with van der Waals surface area (Å²) >= 11 is 0. The van der Waals surface area contributed by atoms with Crippen LogP contribution in [0.1, 0.15) is 30.0 Å². The highest BCUT2D eigenvalue weighted by Crippen LogP contribution is 2.40. The number of fused-ring (bicyclic) bond motifs is 1. The van der Waals surface area contributed by atoms with Gasteiger partial charge in [0.1, 0.15) is 30.0 Å². The summed E-state index contributed by atoms with van der Waals surface area (Å²) in [5.41, 5.74) is 4.00. The van der Waals surface area contributed by atoms with Crippen LogP contribution in [0.3, 0.4) is 0 Å². The van der Waals surface area contributed by atoms with Crippen LogP contribution in [0.25, 0.3) is 0 Å². The fourth-order valence-corrected chi connectivity index (χ4v) is 3.79. The summed E-state index contributed by atoms with van der Waals surface area (Å²) in [6, 6.07) is 7.36. The summed E-state index contributed by atoms with van der Waals surface area (Å²) in [7, 11) is 3.19. The second-order valence-electron chi connectivity index (χ2n) is 7.85. The fraction of sp³-hybridized carbons (Fsp3) is 0.375. The number of nitrogens with zero attached hydrogens (tertiary/aromatic N) is 1. The van der Waals surface area contributed by atoms with Crippen LogP contribution in [0.4, 0.5) is 0 Å². The zero-order chi connectivity index (χ0) is 22.1. The van der Waals surface area contributed by atoms with Crippen molar-refractivity contribution in [1.82, 2.24) is 0 Å². The molecule has 2 aliphatic heterocycles. The van der Waals surface area contributed by atoms with Crippen LogP contribution in [0, 0.1) is 6.92 Å². The maximum atomic E-state index is 10.8. The molecule has 0 fully saturated rings. The first kappa shape index (κ1) is 20.9. The Morgan fingerprint density at radius 1 is 1.16 bits per heavy atom. The molecule has 2 aliphatic rings. The van der Waals surface area contributed by atoms with Crippen molar-refractivity contribution in [3.63, 3.8) is 0 Å². The minimum atomic E-state index is -0.255. The van der Waals surface area contributed by atoms with Gasteiger partial charge in [0.25, 0.3) is 0 Å². The van der Waals surface area contributed by atoms with Crippen molar-refractivity contribution in [3.05, 3.63) is 53.1 Å². The van der Waals surface area contributed by atoms with Crippen molar-refractivity contribution in [2.75, 3.05) is 20.8 Å². The lowest BCUT2D eigenvalue weighted by molar-refractivity contribution is 0.0468. The van der Waals surface area contributed by atoms with E-state index in [9.17, 15) is 5.11 Å². The Bertz CT molecular complexity index is 1040. The van der Waals surface area contributed by atoms with Gasteiger partial charge in [-0.05, 0) is 43.2 Å². The van der Waals surface area contributed by atoms with Crippen LogP contribution >= 0.6 is 0 Å². The van der Waals surface area contributed by atoms with Crippen molar-refractivity contribution < 1.29 is 28.9 Å². The molecule has 0 bridgehead atoms. The van der Waals surface area contributed by atoms with E-state index in [1.165, 1.54) is 0 Å². The van der Waals surface area contributed by atoms with E-state index in [1.54, 1.807) is 20.3 Å². The number of methoxy groups -OCH3 is 2. The number of aryl methyl sites for hydroxylation is 1. The van der Waals surface area contributed by atoms with Crippen LogP contribution in [0.2, 0.25) is 0 Å². The Kier molecular flexibility index (Phi) is 5.67. The van der Waals surface area contributed by atoms with Crippen molar-refractivity contribution in [2.45, 2.75) is 38.9 Å². The largest absolute Gasteiger partial charge is 0.507 e. The lowest BCUT2D eigenvalue weighted by Gasteiger charge is -2.15. The van der Waals surface area contributed by atoms with E-state index in [2.05, 4.69) is 11.7 Å². The molecule has 0 aliphatic carbocycles. The number of phenols is 1. The summed E-state index contributed by atoms with van der Waals surface area (Å²) in [5, 5.41) is 15.0. The first-order valence-corrected chi connectivity index (χ1v) is 10.2. The van der Waals surface area contributed by atoms with Crippen LogP contribution < -0.4 is 18.9 Å². The smallest absolute Gasteiger partial charge is 0.167 e. The number of aromatic hydroxyl groups is 1. The highest BCUT2D eigenvalue weighted by atomic mass is 16.7. The number of rotatable bonds is 7. The van der Waals surface area contributed by atoms with E-state index >= 15 is 0 Å². The summed E-state index contributed by atoms with van der Waals surface area (Å²) in [6.07, 6.45) is 0.769. The van der Waals surface area contributed by atoms with Gasteiger partial charge in [-0.1, -0.05) is 11.7 Å². The minimum absolute atomic E-state index is 0.108. The molecule has 2 heterocycles. The van der Waals surface area contributed by atoms with Gasteiger partial charge in [-0.15, -0.1) is 0 Å². The van der Waals surface area contributed by atoms with Crippen molar-refractivity contribution in [3.8, 4) is 28.7 Å². The quantitative estimate of drug-likeness (QED) is 0.671. The molecular weight excluding hydrogens is 398 g/mol. The Morgan fingerprint density at radius 3 is 2.61 bits per heavy atom. The van der Waals surface area contributed by atoms with Gasteiger partial charge in [0.15, 0.2) is 17.6 Å². The first-order chi connectivity index (χ1) is 14.9. The Balaban J connectivity index is 1.42. The third-order valence-corrected chi connectivity index (χ3v) is 5.60. The van der Waals surface area contributed by atoms with Gasteiger partial charge in [0, 0.05) is 30.0 Å². The lowest BCUT2D eigenvalue weighted by Crippen LogP contribution is -2.18. The number of phenolic OH excluding ortho intramolecular Hbond substituents is 1. The van der Waals surface area contributed by atoms with E-state index in [4.69, 9.17) is 23.8 Å². The normalized spacial score (nSPS) is 19.2.